The molecule has 0 aromatic carbocycles. The maximum atomic E-state index is 10.9. The monoisotopic (exact) mass is 236 g/mol. The Labute approximate surface area is 90.8 Å². The summed E-state index contributed by atoms with van der Waals surface area (Å²) in [6, 6.07) is 0. The van der Waals surface area contributed by atoms with Gasteiger partial charge in [-0.15, -0.1) is 0 Å². The van der Waals surface area contributed by atoms with Gasteiger partial charge in [0, 0.05) is 22.1 Å². The molecule has 0 N–H and O–H groups in total. The van der Waals surface area contributed by atoms with E-state index in [2.05, 4.69) is 11.3 Å². The van der Waals surface area contributed by atoms with Crippen molar-refractivity contribution in [2.24, 2.45) is 0 Å². The van der Waals surface area contributed by atoms with Crippen LogP contribution >= 0.6 is 21.6 Å². The van der Waals surface area contributed by atoms with Crippen LogP contribution in [0.25, 0.3) is 0 Å². The molecule has 0 radical (unpaired) electrons. The number of methoxy groups -OCH3 is 1. The van der Waals surface area contributed by atoms with Crippen molar-refractivity contribution in [3.05, 3.63) is 12.2 Å². The molecule has 0 atom stereocenters. The van der Waals surface area contributed by atoms with Crippen LogP contribution in [-0.2, 0) is 14.3 Å². The van der Waals surface area contributed by atoms with Crippen LogP contribution in [0.5, 0.6) is 0 Å². The molecule has 0 aromatic heterocycles. The van der Waals surface area contributed by atoms with E-state index < -0.39 is 5.97 Å². The molecule has 80 valence electrons. The van der Waals surface area contributed by atoms with Crippen molar-refractivity contribution >= 4 is 32.9 Å². The van der Waals surface area contributed by atoms with Crippen molar-refractivity contribution < 1.29 is 19.1 Å². The lowest BCUT2D eigenvalue weighted by molar-refractivity contribution is -0.138. The fourth-order valence-electron chi connectivity index (χ4n) is 0.415. The molecule has 0 rings (SSSR count). The molecule has 4 nitrogen and oxygen atoms in total. The van der Waals surface area contributed by atoms with Gasteiger partial charge in [0.25, 0.3) is 0 Å². The van der Waals surface area contributed by atoms with Crippen molar-refractivity contribution in [1.82, 2.24) is 0 Å². The van der Waals surface area contributed by atoms with Gasteiger partial charge in [-0.25, -0.2) is 9.59 Å². The van der Waals surface area contributed by atoms with E-state index in [-0.39, 0.29) is 11.9 Å². The van der Waals surface area contributed by atoms with Crippen LogP contribution in [0.4, 0.5) is 4.79 Å². The normalized spacial score (nSPS) is 9.29. The van der Waals surface area contributed by atoms with Crippen LogP contribution in [0, 0.1) is 0 Å². The molecule has 14 heavy (non-hydrogen) atoms. The first-order valence-electron chi connectivity index (χ1n) is 3.78. The summed E-state index contributed by atoms with van der Waals surface area (Å²) in [5.41, 5.74) is 0.371. The van der Waals surface area contributed by atoms with Gasteiger partial charge >= 0.3 is 11.3 Å². The van der Waals surface area contributed by atoms with Crippen molar-refractivity contribution in [1.29, 1.82) is 0 Å². The lowest BCUT2D eigenvalue weighted by Gasteiger charge is -2.02. The number of rotatable bonds is 5. The minimum Gasteiger partial charge on any atom is -0.461 e. The Balaban J connectivity index is 3.34. The first-order valence-corrected chi connectivity index (χ1v) is 6.10. The zero-order valence-electron chi connectivity index (χ0n) is 8.07. The van der Waals surface area contributed by atoms with E-state index in [1.807, 2.05) is 0 Å². The number of hydrogen-bond acceptors (Lipinski definition) is 6. The molecule has 0 saturated carbocycles. The predicted octanol–water partition coefficient (Wildman–Crippen LogP) is 2.25. The molecule has 0 aliphatic heterocycles. The molecule has 0 aliphatic rings. The van der Waals surface area contributed by atoms with Gasteiger partial charge in [-0.2, -0.15) is 0 Å². The fraction of sp³-hybridized carbons (Fsp3) is 0.500. The van der Waals surface area contributed by atoms with E-state index in [1.165, 1.54) is 17.9 Å². The largest absolute Gasteiger partial charge is 0.461 e. The second-order valence-electron chi connectivity index (χ2n) is 2.28. The summed E-state index contributed by atoms with van der Waals surface area (Å²) in [4.78, 5) is 21.5. The van der Waals surface area contributed by atoms with Gasteiger partial charge in [0.2, 0.25) is 0 Å². The molecular weight excluding hydrogens is 224 g/mol. The van der Waals surface area contributed by atoms with Crippen LogP contribution in [-0.4, -0.2) is 30.7 Å². The average Bonchev–Trinajstić information content (AvgIpc) is 2.16. The number of carbonyl (C=O) groups excluding carboxylic acids is 2. The quantitative estimate of drug-likeness (QED) is 0.316. The van der Waals surface area contributed by atoms with E-state index in [0.29, 0.717) is 11.3 Å². The molecule has 0 bridgehead atoms. The van der Waals surface area contributed by atoms with Gasteiger partial charge in [0.15, 0.2) is 0 Å². The molecule has 0 fully saturated rings. The standard InChI is InChI=1S/C8H12O4S2/c1-6(2)7(9)12-4-5-13-14-8(10)11-3/h1,4-5H2,2-3H3. The summed E-state index contributed by atoms with van der Waals surface area (Å²) in [7, 11) is 3.57. The van der Waals surface area contributed by atoms with Gasteiger partial charge in [-0.3, -0.25) is 0 Å². The van der Waals surface area contributed by atoms with Crippen LogP contribution in [0.15, 0.2) is 12.2 Å². The van der Waals surface area contributed by atoms with Crippen molar-refractivity contribution in [3.8, 4) is 0 Å². The lowest BCUT2D eigenvalue weighted by atomic mass is 10.4. The van der Waals surface area contributed by atoms with Gasteiger partial charge in [-0.1, -0.05) is 17.4 Å². The summed E-state index contributed by atoms with van der Waals surface area (Å²) in [6.07, 6.45) is 0. The summed E-state index contributed by atoms with van der Waals surface area (Å²) in [6.45, 7) is 5.28. The van der Waals surface area contributed by atoms with Crippen molar-refractivity contribution in [2.45, 2.75) is 6.92 Å². The van der Waals surface area contributed by atoms with Gasteiger partial charge in [-0.05, 0) is 6.92 Å². The lowest BCUT2D eigenvalue weighted by Crippen LogP contribution is -2.07. The van der Waals surface area contributed by atoms with E-state index in [0.717, 1.165) is 10.8 Å². The van der Waals surface area contributed by atoms with E-state index in [9.17, 15) is 9.59 Å². The van der Waals surface area contributed by atoms with Gasteiger partial charge < -0.3 is 9.47 Å². The Kier molecular flexibility index (Phi) is 7.41. The Morgan fingerprint density at radius 1 is 1.43 bits per heavy atom. The molecule has 0 heterocycles. The van der Waals surface area contributed by atoms with Gasteiger partial charge in [0.05, 0.1) is 7.11 Å². The van der Waals surface area contributed by atoms with Crippen molar-refractivity contribution in [3.63, 3.8) is 0 Å². The number of carbonyl (C=O) groups is 2. The highest BCUT2D eigenvalue weighted by Crippen LogP contribution is 2.22. The zero-order valence-corrected chi connectivity index (χ0v) is 9.70. The zero-order chi connectivity index (χ0) is 11.0. The van der Waals surface area contributed by atoms with E-state index >= 15 is 0 Å². The highest BCUT2D eigenvalue weighted by atomic mass is 33.1. The summed E-state index contributed by atoms with van der Waals surface area (Å²) in [5, 5.41) is -0.360. The SMILES string of the molecule is C=C(C)C(=O)OCCSSC(=O)OC. The Morgan fingerprint density at radius 2 is 2.07 bits per heavy atom. The first kappa shape index (κ1) is 13.4. The molecule has 0 spiro atoms. The predicted molar refractivity (Wildman–Crippen MR) is 58.2 cm³/mol. The van der Waals surface area contributed by atoms with Crippen LogP contribution in [0.3, 0.4) is 0 Å². The molecule has 0 aromatic rings. The molecular formula is C8H12O4S2. The highest BCUT2D eigenvalue weighted by Gasteiger charge is 2.04. The summed E-state index contributed by atoms with van der Waals surface area (Å²) in [5.74, 6) is 0.132. The number of esters is 1. The summed E-state index contributed by atoms with van der Waals surface area (Å²) < 4.78 is 9.19. The number of ether oxygens (including phenoxy) is 2. The Morgan fingerprint density at radius 3 is 2.57 bits per heavy atom. The average molecular weight is 236 g/mol. The minimum absolute atomic E-state index is 0.264. The smallest absolute Gasteiger partial charge is 0.377 e. The maximum Gasteiger partial charge on any atom is 0.377 e. The molecule has 0 amide bonds. The third-order valence-electron chi connectivity index (χ3n) is 1.04. The fourth-order valence-corrected chi connectivity index (χ4v) is 1.76. The Hall–Kier alpha value is -0.620. The first-order chi connectivity index (χ1) is 6.57. The van der Waals surface area contributed by atoms with Crippen molar-refractivity contribution in [2.75, 3.05) is 19.5 Å². The van der Waals surface area contributed by atoms with E-state index in [4.69, 9.17) is 4.74 Å². The van der Waals surface area contributed by atoms with Gasteiger partial charge in [0.1, 0.15) is 6.61 Å². The second kappa shape index (κ2) is 7.75. The highest BCUT2D eigenvalue weighted by molar-refractivity contribution is 8.82. The minimum atomic E-state index is -0.409. The van der Waals surface area contributed by atoms with E-state index in [1.54, 1.807) is 6.92 Å². The third-order valence-corrected chi connectivity index (χ3v) is 3.06. The molecule has 0 aliphatic carbocycles. The van der Waals surface area contributed by atoms with Crippen LogP contribution in [0.2, 0.25) is 0 Å². The maximum absolute atomic E-state index is 10.9. The topological polar surface area (TPSA) is 52.6 Å². The third kappa shape index (κ3) is 6.85. The molecule has 0 saturated heterocycles. The molecule has 6 heteroatoms. The Bertz CT molecular complexity index is 227. The van der Waals surface area contributed by atoms with Crippen LogP contribution < -0.4 is 0 Å². The number of hydrogen-bond donors (Lipinski definition) is 0. The van der Waals surface area contributed by atoms with Crippen LogP contribution in [0.1, 0.15) is 6.92 Å². The second-order valence-corrected chi connectivity index (χ2v) is 4.63. The summed E-state index contributed by atoms with van der Waals surface area (Å²) >= 11 is 0. The molecule has 0 unspecified atom stereocenters.